The van der Waals surface area contributed by atoms with Gasteiger partial charge in [0.05, 0.1) is 5.56 Å². The Morgan fingerprint density at radius 1 is 0.885 bits per heavy atom. The fraction of sp³-hybridized carbons (Fsp3) is 0.0952. The molecule has 0 aromatic heterocycles. The Morgan fingerprint density at radius 3 is 1.81 bits per heavy atom. The third kappa shape index (κ3) is 5.27. The maximum Gasteiger partial charge on any atom is 0.335 e. The summed E-state index contributed by atoms with van der Waals surface area (Å²) in [5.74, 6) is -0.757. The maximum atomic E-state index is 10.2. The molecule has 5 heteroatoms. The molecule has 4 N–H and O–H groups in total. The number of phenols is 2. The van der Waals surface area contributed by atoms with Crippen LogP contribution in [0, 0.1) is 0 Å². The van der Waals surface area contributed by atoms with Crippen LogP contribution in [-0.4, -0.2) is 21.3 Å². The average molecular weight is 351 g/mol. The number of benzene rings is 3. The molecule has 0 unspecified atom stereocenters. The van der Waals surface area contributed by atoms with E-state index in [9.17, 15) is 15.0 Å². The number of nitrogens with one attached hydrogen (secondary N) is 1. The summed E-state index contributed by atoms with van der Waals surface area (Å²) >= 11 is 0. The number of para-hydroxylation sites is 1. The minimum atomic E-state index is -0.879. The maximum absolute atomic E-state index is 10.2. The topological polar surface area (TPSA) is 89.8 Å². The Morgan fingerprint density at radius 2 is 1.38 bits per heavy atom. The number of hydrogen-bond donors (Lipinski definition) is 4. The molecule has 3 rings (SSSR count). The molecule has 0 atom stereocenters. The van der Waals surface area contributed by atoms with Crippen molar-refractivity contribution in [2.45, 2.75) is 13.3 Å². The molecule has 134 valence electrons. The molecule has 0 aliphatic rings. The summed E-state index contributed by atoms with van der Waals surface area (Å²) < 4.78 is 0. The number of aryl methyl sites for hydroxylation is 1. The van der Waals surface area contributed by atoms with Crippen molar-refractivity contribution in [1.29, 1.82) is 0 Å². The van der Waals surface area contributed by atoms with Crippen molar-refractivity contribution in [1.82, 2.24) is 0 Å². The number of carboxylic acids is 1. The van der Waals surface area contributed by atoms with Crippen molar-refractivity contribution < 1.29 is 20.1 Å². The van der Waals surface area contributed by atoms with Crippen LogP contribution >= 0.6 is 0 Å². The number of phenolic OH excluding ortho intramolecular Hbond substituents is 2. The van der Waals surface area contributed by atoms with E-state index in [1.165, 1.54) is 0 Å². The van der Waals surface area contributed by atoms with E-state index >= 15 is 0 Å². The zero-order valence-electron chi connectivity index (χ0n) is 14.4. The van der Waals surface area contributed by atoms with Gasteiger partial charge in [0.25, 0.3) is 0 Å². The highest BCUT2D eigenvalue weighted by Crippen LogP contribution is 2.36. The van der Waals surface area contributed by atoms with E-state index in [-0.39, 0.29) is 11.5 Å². The third-order valence-electron chi connectivity index (χ3n) is 3.63. The Kier molecular flexibility index (Phi) is 6.62. The lowest BCUT2D eigenvalue weighted by Gasteiger charge is -2.11. The van der Waals surface area contributed by atoms with E-state index in [2.05, 4.69) is 5.32 Å². The molecule has 0 amide bonds. The van der Waals surface area contributed by atoms with Gasteiger partial charge in [-0.25, -0.2) is 4.79 Å². The van der Waals surface area contributed by atoms with Gasteiger partial charge in [-0.15, -0.1) is 0 Å². The largest absolute Gasteiger partial charge is 0.506 e. The third-order valence-corrected chi connectivity index (χ3v) is 3.63. The predicted octanol–water partition coefficient (Wildman–Crippen LogP) is 4.79. The number of carboxylic acid groups (broad SMARTS) is 1. The fourth-order valence-electron chi connectivity index (χ4n) is 2.25. The highest BCUT2D eigenvalue weighted by atomic mass is 16.4. The highest BCUT2D eigenvalue weighted by molar-refractivity contribution is 5.87. The summed E-state index contributed by atoms with van der Waals surface area (Å²) in [4.78, 5) is 10.2. The Labute approximate surface area is 152 Å². The number of aromatic carboxylic acids is 1. The van der Waals surface area contributed by atoms with Crippen molar-refractivity contribution in [3.63, 3.8) is 0 Å². The number of rotatable bonds is 4. The SMILES string of the molecule is CCc1cc(O)c(Nc2ccccc2)c(O)c1.O=C(O)c1ccccc1. The zero-order valence-corrected chi connectivity index (χ0v) is 14.4. The second kappa shape index (κ2) is 9.13. The van der Waals surface area contributed by atoms with Crippen LogP contribution in [0.2, 0.25) is 0 Å². The van der Waals surface area contributed by atoms with Crippen molar-refractivity contribution in [3.8, 4) is 11.5 Å². The molecule has 0 aliphatic heterocycles. The molecule has 0 saturated heterocycles. The van der Waals surface area contributed by atoms with E-state index in [1.807, 2.05) is 37.3 Å². The predicted molar refractivity (Wildman–Crippen MR) is 102 cm³/mol. The van der Waals surface area contributed by atoms with Crippen molar-refractivity contribution in [2.75, 3.05) is 5.32 Å². The van der Waals surface area contributed by atoms with Crippen LogP contribution in [0.3, 0.4) is 0 Å². The second-order valence-corrected chi connectivity index (χ2v) is 5.52. The van der Waals surface area contributed by atoms with E-state index in [0.717, 1.165) is 17.7 Å². The van der Waals surface area contributed by atoms with E-state index in [4.69, 9.17) is 5.11 Å². The first-order chi connectivity index (χ1) is 12.5. The zero-order chi connectivity index (χ0) is 18.9. The van der Waals surface area contributed by atoms with Gasteiger partial charge in [-0.05, 0) is 48.4 Å². The summed E-state index contributed by atoms with van der Waals surface area (Å²) in [6.45, 7) is 1.97. The molecule has 0 saturated carbocycles. The molecule has 3 aromatic carbocycles. The Hall–Kier alpha value is -3.47. The standard InChI is InChI=1S/C14H15NO2.C7H6O2/c1-2-10-8-12(16)14(13(17)9-10)15-11-6-4-3-5-7-11;8-7(9)6-4-2-1-3-5-6/h3-9,15-17H,2H2,1H3;1-5H,(H,8,9). The number of anilines is 2. The van der Waals surface area contributed by atoms with E-state index in [0.29, 0.717) is 11.3 Å². The second-order valence-electron chi connectivity index (χ2n) is 5.52. The minimum absolute atomic E-state index is 0.0608. The van der Waals surface area contributed by atoms with Crippen LogP contribution in [0.1, 0.15) is 22.8 Å². The van der Waals surface area contributed by atoms with Gasteiger partial charge in [-0.1, -0.05) is 43.3 Å². The van der Waals surface area contributed by atoms with Gasteiger partial charge < -0.3 is 20.6 Å². The van der Waals surface area contributed by atoms with Crippen LogP contribution in [0.25, 0.3) is 0 Å². The molecular formula is C21H21NO4. The van der Waals surface area contributed by atoms with Gasteiger partial charge in [0.1, 0.15) is 17.2 Å². The van der Waals surface area contributed by atoms with Crippen molar-refractivity contribution >= 4 is 17.3 Å². The molecule has 0 radical (unpaired) electrons. The lowest BCUT2D eigenvalue weighted by molar-refractivity contribution is 0.0697. The highest BCUT2D eigenvalue weighted by Gasteiger charge is 2.09. The average Bonchev–Trinajstić information content (AvgIpc) is 2.66. The summed E-state index contributed by atoms with van der Waals surface area (Å²) in [7, 11) is 0. The number of carbonyl (C=O) groups is 1. The lowest BCUT2D eigenvalue weighted by atomic mass is 10.1. The van der Waals surface area contributed by atoms with E-state index < -0.39 is 5.97 Å². The molecule has 0 aliphatic carbocycles. The van der Waals surface area contributed by atoms with Gasteiger partial charge >= 0.3 is 5.97 Å². The molecule has 0 fully saturated rings. The van der Waals surface area contributed by atoms with Gasteiger partial charge in [-0.2, -0.15) is 0 Å². The Balaban J connectivity index is 0.000000228. The molecule has 0 spiro atoms. The fourth-order valence-corrected chi connectivity index (χ4v) is 2.25. The molecule has 0 bridgehead atoms. The van der Waals surface area contributed by atoms with E-state index in [1.54, 1.807) is 42.5 Å². The first kappa shape index (κ1) is 18.9. The van der Waals surface area contributed by atoms with Crippen LogP contribution in [0.5, 0.6) is 11.5 Å². The number of aromatic hydroxyl groups is 2. The van der Waals surface area contributed by atoms with Crippen LogP contribution < -0.4 is 5.32 Å². The smallest absolute Gasteiger partial charge is 0.335 e. The molecule has 0 heterocycles. The lowest BCUT2D eigenvalue weighted by Crippen LogP contribution is -1.93. The monoisotopic (exact) mass is 351 g/mol. The van der Waals surface area contributed by atoms with Crippen LogP contribution in [0.15, 0.2) is 72.8 Å². The van der Waals surface area contributed by atoms with Crippen molar-refractivity contribution in [2.24, 2.45) is 0 Å². The minimum Gasteiger partial charge on any atom is -0.506 e. The summed E-state index contributed by atoms with van der Waals surface area (Å²) in [5, 5.41) is 31.1. The molecule has 5 nitrogen and oxygen atoms in total. The Bertz CT molecular complexity index is 825. The summed E-state index contributed by atoms with van der Waals surface area (Å²) in [6, 6.07) is 21.0. The molecule has 26 heavy (non-hydrogen) atoms. The summed E-state index contributed by atoms with van der Waals surface area (Å²) in [5.41, 5.74) is 2.40. The van der Waals surface area contributed by atoms with Gasteiger partial charge in [0.2, 0.25) is 0 Å². The normalized spacial score (nSPS) is 9.73. The van der Waals surface area contributed by atoms with Gasteiger partial charge in [-0.3, -0.25) is 0 Å². The number of hydrogen-bond acceptors (Lipinski definition) is 4. The van der Waals surface area contributed by atoms with Crippen molar-refractivity contribution in [3.05, 3.63) is 83.9 Å². The first-order valence-electron chi connectivity index (χ1n) is 8.16. The van der Waals surface area contributed by atoms with Crippen LogP contribution in [-0.2, 0) is 6.42 Å². The van der Waals surface area contributed by atoms with Crippen LogP contribution in [0.4, 0.5) is 11.4 Å². The first-order valence-corrected chi connectivity index (χ1v) is 8.16. The van der Waals surface area contributed by atoms with Gasteiger partial charge in [0, 0.05) is 5.69 Å². The quantitative estimate of drug-likeness (QED) is 0.508. The summed E-state index contributed by atoms with van der Waals surface area (Å²) in [6.07, 6.45) is 0.771. The van der Waals surface area contributed by atoms with Gasteiger partial charge in [0.15, 0.2) is 0 Å². The molecule has 3 aromatic rings. The molecular weight excluding hydrogens is 330 g/mol.